The summed E-state index contributed by atoms with van der Waals surface area (Å²) in [6.07, 6.45) is 2.97. The fourth-order valence-corrected chi connectivity index (χ4v) is 3.84. The third-order valence-electron chi connectivity index (χ3n) is 4.44. The summed E-state index contributed by atoms with van der Waals surface area (Å²) in [6, 6.07) is 17.4. The molecule has 2 aromatic heterocycles. The quantitative estimate of drug-likeness (QED) is 0.409. The summed E-state index contributed by atoms with van der Waals surface area (Å²) in [5, 5.41) is 6.41. The van der Waals surface area contributed by atoms with Crippen molar-refractivity contribution in [1.29, 1.82) is 0 Å². The van der Waals surface area contributed by atoms with E-state index in [9.17, 15) is 9.59 Å². The van der Waals surface area contributed by atoms with Crippen LogP contribution in [0.25, 0.3) is 21.3 Å². The summed E-state index contributed by atoms with van der Waals surface area (Å²) < 4.78 is 1.30. The highest BCUT2D eigenvalue weighted by Gasteiger charge is 2.14. The second-order valence-corrected chi connectivity index (χ2v) is 7.44. The summed E-state index contributed by atoms with van der Waals surface area (Å²) >= 11 is 1.41. The van der Waals surface area contributed by atoms with Gasteiger partial charge in [-0.2, -0.15) is 5.10 Å². The highest BCUT2D eigenvalue weighted by molar-refractivity contribution is 7.17. The molecule has 0 bridgehead atoms. The van der Waals surface area contributed by atoms with Crippen molar-refractivity contribution in [2.75, 3.05) is 0 Å². The Morgan fingerprint density at radius 3 is 2.69 bits per heavy atom. The number of aromatic nitrogens is 2. The predicted octanol–water partition coefficient (Wildman–Crippen LogP) is 3.58. The molecule has 2 heterocycles. The average Bonchev–Trinajstić information content (AvgIpc) is 3.17. The molecule has 0 aliphatic rings. The number of rotatable bonds is 5. The van der Waals surface area contributed by atoms with Crippen LogP contribution in [-0.2, 0) is 11.3 Å². The lowest BCUT2D eigenvalue weighted by molar-refractivity contribution is -0.121. The summed E-state index contributed by atoms with van der Waals surface area (Å²) in [4.78, 5) is 30.2. The molecule has 0 saturated carbocycles. The molecule has 0 aliphatic heterocycles. The van der Waals surface area contributed by atoms with Gasteiger partial charge in [-0.1, -0.05) is 60.2 Å². The van der Waals surface area contributed by atoms with Gasteiger partial charge in [-0.15, -0.1) is 11.3 Å². The van der Waals surface area contributed by atoms with Gasteiger partial charge in [-0.05, 0) is 18.1 Å². The number of carbonyl (C=O) groups is 1. The Morgan fingerprint density at radius 1 is 1.17 bits per heavy atom. The third kappa shape index (κ3) is 4.14. The second-order valence-electron chi connectivity index (χ2n) is 6.58. The normalized spacial score (nSPS) is 11.2. The van der Waals surface area contributed by atoms with Gasteiger partial charge in [0.15, 0.2) is 0 Å². The summed E-state index contributed by atoms with van der Waals surface area (Å²) in [7, 11) is 0. The van der Waals surface area contributed by atoms with Crippen LogP contribution < -0.4 is 11.0 Å². The van der Waals surface area contributed by atoms with Crippen molar-refractivity contribution in [3.05, 3.63) is 87.8 Å². The van der Waals surface area contributed by atoms with Gasteiger partial charge in [-0.25, -0.2) is 10.4 Å². The first-order chi connectivity index (χ1) is 14.1. The number of aryl methyl sites for hydroxylation is 1. The van der Waals surface area contributed by atoms with Gasteiger partial charge < -0.3 is 0 Å². The van der Waals surface area contributed by atoms with E-state index in [-0.39, 0.29) is 12.1 Å². The standard InChI is InChI=1S/C22H18N4O2S/c1-15-7-9-16(10-8-15)11-24-25-19(27)12-26-14-23-21-20(22(26)28)18(13-29-21)17-5-3-2-4-6-17/h2-11,13-14H,12H2,1H3,(H,25,27)/b24-11-. The molecule has 1 amide bonds. The zero-order valence-corrected chi connectivity index (χ0v) is 16.5. The molecule has 0 atom stereocenters. The number of benzene rings is 2. The lowest BCUT2D eigenvalue weighted by Crippen LogP contribution is -2.30. The summed E-state index contributed by atoms with van der Waals surface area (Å²) in [5.41, 5.74) is 6.01. The van der Waals surface area contributed by atoms with Gasteiger partial charge in [0.25, 0.3) is 11.5 Å². The highest BCUT2D eigenvalue weighted by Crippen LogP contribution is 2.30. The van der Waals surface area contributed by atoms with E-state index in [0.717, 1.165) is 22.3 Å². The lowest BCUT2D eigenvalue weighted by atomic mass is 10.1. The Labute approximate surface area is 171 Å². The van der Waals surface area contributed by atoms with Crippen LogP contribution in [0.1, 0.15) is 11.1 Å². The number of thiophene rings is 1. The summed E-state index contributed by atoms with van der Waals surface area (Å²) in [6.45, 7) is 1.85. The number of nitrogens with zero attached hydrogens (tertiary/aromatic N) is 3. The number of hydrazone groups is 1. The first-order valence-corrected chi connectivity index (χ1v) is 9.90. The molecule has 6 nitrogen and oxygen atoms in total. The largest absolute Gasteiger partial charge is 0.289 e. The average molecular weight is 402 g/mol. The topological polar surface area (TPSA) is 76.3 Å². The van der Waals surface area contributed by atoms with Gasteiger partial charge in [0.1, 0.15) is 11.4 Å². The van der Waals surface area contributed by atoms with Crippen LogP contribution in [0, 0.1) is 6.92 Å². The Morgan fingerprint density at radius 2 is 1.93 bits per heavy atom. The second kappa shape index (κ2) is 8.20. The molecule has 0 unspecified atom stereocenters. The Balaban J connectivity index is 1.53. The van der Waals surface area contributed by atoms with Gasteiger partial charge >= 0.3 is 0 Å². The molecule has 0 saturated heterocycles. The fraction of sp³-hybridized carbons (Fsp3) is 0.0909. The van der Waals surface area contributed by atoms with E-state index in [4.69, 9.17) is 0 Å². The van der Waals surface area contributed by atoms with Crippen LogP contribution in [0.5, 0.6) is 0 Å². The lowest BCUT2D eigenvalue weighted by Gasteiger charge is -2.05. The van der Waals surface area contributed by atoms with Crippen LogP contribution >= 0.6 is 11.3 Å². The number of carbonyl (C=O) groups excluding carboxylic acids is 1. The number of nitrogens with one attached hydrogen (secondary N) is 1. The van der Waals surface area contributed by atoms with Crippen LogP contribution in [0.15, 0.2) is 76.2 Å². The smallest absolute Gasteiger partial charge is 0.263 e. The minimum absolute atomic E-state index is 0.156. The number of hydrogen-bond donors (Lipinski definition) is 1. The first-order valence-electron chi connectivity index (χ1n) is 9.02. The van der Waals surface area contributed by atoms with E-state index in [1.807, 2.05) is 66.9 Å². The SMILES string of the molecule is Cc1ccc(/C=N\NC(=O)Cn2cnc3scc(-c4ccccc4)c3c2=O)cc1. The molecule has 144 valence electrons. The number of amides is 1. The third-order valence-corrected chi connectivity index (χ3v) is 5.33. The molecule has 0 fully saturated rings. The van der Waals surface area contributed by atoms with E-state index in [2.05, 4.69) is 15.5 Å². The maximum Gasteiger partial charge on any atom is 0.263 e. The van der Waals surface area contributed by atoms with Crippen LogP contribution in [-0.4, -0.2) is 21.7 Å². The summed E-state index contributed by atoms with van der Waals surface area (Å²) in [5.74, 6) is -0.395. The molecule has 0 spiro atoms. The Hall–Kier alpha value is -3.58. The first kappa shape index (κ1) is 18.8. The van der Waals surface area contributed by atoms with E-state index >= 15 is 0 Å². The van der Waals surface area contributed by atoms with E-state index in [1.54, 1.807) is 6.21 Å². The maximum atomic E-state index is 13.0. The van der Waals surface area contributed by atoms with Crippen LogP contribution in [0.3, 0.4) is 0 Å². The van der Waals surface area contributed by atoms with Crippen molar-refractivity contribution < 1.29 is 4.79 Å². The molecule has 1 N–H and O–H groups in total. The van der Waals surface area contributed by atoms with Crippen molar-refractivity contribution in [3.8, 4) is 11.1 Å². The van der Waals surface area contributed by atoms with E-state index in [0.29, 0.717) is 10.2 Å². The zero-order valence-electron chi connectivity index (χ0n) is 15.7. The molecule has 0 aliphatic carbocycles. The van der Waals surface area contributed by atoms with Gasteiger partial charge in [0.05, 0.1) is 17.9 Å². The van der Waals surface area contributed by atoms with Gasteiger partial charge in [-0.3, -0.25) is 14.2 Å². The highest BCUT2D eigenvalue weighted by atomic mass is 32.1. The van der Waals surface area contributed by atoms with Gasteiger partial charge in [0.2, 0.25) is 0 Å². The van der Waals surface area contributed by atoms with E-state index < -0.39 is 5.91 Å². The molecule has 7 heteroatoms. The minimum Gasteiger partial charge on any atom is -0.289 e. The molecule has 0 radical (unpaired) electrons. The number of fused-ring (bicyclic) bond motifs is 1. The van der Waals surface area contributed by atoms with Crippen molar-refractivity contribution in [2.45, 2.75) is 13.5 Å². The molecular weight excluding hydrogens is 384 g/mol. The van der Waals surface area contributed by atoms with Crippen molar-refractivity contribution >= 4 is 33.7 Å². The fourth-order valence-electron chi connectivity index (χ4n) is 2.93. The van der Waals surface area contributed by atoms with Crippen molar-refractivity contribution in [3.63, 3.8) is 0 Å². The minimum atomic E-state index is -0.395. The van der Waals surface area contributed by atoms with E-state index in [1.165, 1.54) is 22.2 Å². The Kier molecular flexibility index (Phi) is 5.31. The number of hydrogen-bond acceptors (Lipinski definition) is 5. The molecule has 4 rings (SSSR count). The Bertz CT molecular complexity index is 1240. The zero-order chi connectivity index (χ0) is 20.2. The molecule has 2 aromatic carbocycles. The molecule has 4 aromatic rings. The van der Waals surface area contributed by atoms with Crippen LogP contribution in [0.2, 0.25) is 0 Å². The maximum absolute atomic E-state index is 13.0. The van der Waals surface area contributed by atoms with Crippen molar-refractivity contribution in [1.82, 2.24) is 15.0 Å². The predicted molar refractivity (Wildman–Crippen MR) is 116 cm³/mol. The monoisotopic (exact) mass is 402 g/mol. The van der Waals surface area contributed by atoms with Gasteiger partial charge in [0, 0.05) is 10.9 Å². The molecule has 29 heavy (non-hydrogen) atoms. The van der Waals surface area contributed by atoms with Crippen molar-refractivity contribution in [2.24, 2.45) is 5.10 Å². The molecular formula is C22H18N4O2S. The van der Waals surface area contributed by atoms with Crippen LogP contribution in [0.4, 0.5) is 0 Å².